The molecule has 0 saturated carbocycles. The van der Waals surface area contributed by atoms with E-state index in [1.54, 1.807) is 0 Å². The Morgan fingerprint density at radius 3 is 2.48 bits per heavy atom. The van der Waals surface area contributed by atoms with E-state index < -0.39 is 16.8 Å². The highest BCUT2D eigenvalue weighted by Crippen LogP contribution is 2.36. The van der Waals surface area contributed by atoms with E-state index in [2.05, 4.69) is 5.32 Å². The molecule has 2 rings (SSSR count). The number of hydrogen-bond acceptors (Lipinski definition) is 2. The van der Waals surface area contributed by atoms with E-state index >= 15 is 0 Å². The molecule has 0 fully saturated rings. The normalized spacial score (nSPS) is 11.6. The lowest BCUT2D eigenvalue weighted by Crippen LogP contribution is -2.24. The Balaban J connectivity index is 1.88. The molecule has 0 aliphatic carbocycles. The number of rotatable bonds is 6. The zero-order valence-corrected chi connectivity index (χ0v) is 14.4. The van der Waals surface area contributed by atoms with Gasteiger partial charge in [0.15, 0.2) is 0 Å². The molecule has 0 unspecified atom stereocenters. The van der Waals surface area contributed by atoms with E-state index in [1.807, 2.05) is 42.3 Å². The highest BCUT2D eigenvalue weighted by atomic mass is 35.5. The number of nitrogens with zero attached hydrogens (tertiary/aromatic N) is 1. The van der Waals surface area contributed by atoms with Crippen molar-refractivity contribution >= 4 is 23.2 Å². The molecule has 2 aromatic rings. The first-order valence-corrected chi connectivity index (χ1v) is 8.02. The SMILES string of the molecule is CN(CCC(=O)Nc1ccc(Cl)c(C(F)(F)F)c1)Cc1ccccc1. The molecule has 0 aliphatic heterocycles. The number of hydrogen-bond donors (Lipinski definition) is 1. The summed E-state index contributed by atoms with van der Waals surface area (Å²) in [4.78, 5) is 13.9. The van der Waals surface area contributed by atoms with E-state index in [0.717, 1.165) is 17.7 Å². The Hall–Kier alpha value is -2.05. The van der Waals surface area contributed by atoms with Gasteiger partial charge in [-0.05, 0) is 30.8 Å². The van der Waals surface area contributed by atoms with E-state index in [9.17, 15) is 18.0 Å². The summed E-state index contributed by atoms with van der Waals surface area (Å²) in [5.41, 5.74) is 0.235. The highest BCUT2D eigenvalue weighted by molar-refractivity contribution is 6.31. The van der Waals surface area contributed by atoms with Crippen LogP contribution in [-0.2, 0) is 17.5 Å². The zero-order chi connectivity index (χ0) is 18.4. The van der Waals surface area contributed by atoms with Crippen LogP contribution < -0.4 is 5.32 Å². The molecule has 0 spiro atoms. The van der Waals surface area contributed by atoms with Crippen molar-refractivity contribution in [1.82, 2.24) is 4.90 Å². The van der Waals surface area contributed by atoms with Gasteiger partial charge in [0.1, 0.15) is 0 Å². The van der Waals surface area contributed by atoms with Crippen molar-refractivity contribution in [3.8, 4) is 0 Å². The summed E-state index contributed by atoms with van der Waals surface area (Å²) in [6.07, 6.45) is -4.39. The van der Waals surface area contributed by atoms with Crippen LogP contribution in [0.3, 0.4) is 0 Å². The summed E-state index contributed by atoms with van der Waals surface area (Å²) in [6.45, 7) is 1.17. The first-order chi connectivity index (χ1) is 11.8. The lowest BCUT2D eigenvalue weighted by molar-refractivity contribution is -0.137. The lowest BCUT2D eigenvalue weighted by atomic mass is 10.2. The third-order valence-electron chi connectivity index (χ3n) is 3.57. The van der Waals surface area contributed by atoms with Crippen LogP contribution in [-0.4, -0.2) is 24.4 Å². The van der Waals surface area contributed by atoms with Crippen molar-refractivity contribution in [3.05, 3.63) is 64.7 Å². The van der Waals surface area contributed by atoms with Gasteiger partial charge in [-0.25, -0.2) is 0 Å². The van der Waals surface area contributed by atoms with Crippen molar-refractivity contribution in [1.29, 1.82) is 0 Å². The van der Waals surface area contributed by atoms with E-state index in [1.165, 1.54) is 6.07 Å². The number of anilines is 1. The summed E-state index contributed by atoms with van der Waals surface area (Å²) < 4.78 is 38.5. The second-order valence-corrected chi connectivity index (χ2v) is 6.12. The lowest BCUT2D eigenvalue weighted by Gasteiger charge is -2.16. The van der Waals surface area contributed by atoms with Gasteiger partial charge in [-0.3, -0.25) is 4.79 Å². The van der Waals surface area contributed by atoms with Gasteiger partial charge in [0.05, 0.1) is 10.6 Å². The fourth-order valence-electron chi connectivity index (χ4n) is 2.31. The maximum atomic E-state index is 12.8. The maximum Gasteiger partial charge on any atom is 0.417 e. The molecular weight excluding hydrogens is 353 g/mol. The van der Waals surface area contributed by atoms with Crippen LogP contribution in [0, 0.1) is 0 Å². The molecule has 0 aliphatic rings. The average molecular weight is 371 g/mol. The topological polar surface area (TPSA) is 32.3 Å². The number of carbonyl (C=O) groups excluding carboxylic acids is 1. The van der Waals surface area contributed by atoms with Crippen LogP contribution >= 0.6 is 11.6 Å². The molecule has 0 atom stereocenters. The van der Waals surface area contributed by atoms with Gasteiger partial charge in [0.25, 0.3) is 0 Å². The predicted molar refractivity (Wildman–Crippen MR) is 92.5 cm³/mol. The number of amides is 1. The molecule has 0 bridgehead atoms. The molecule has 7 heteroatoms. The minimum atomic E-state index is -4.56. The Labute approximate surface area is 149 Å². The predicted octanol–water partition coefficient (Wildman–Crippen LogP) is 4.82. The highest BCUT2D eigenvalue weighted by Gasteiger charge is 2.33. The van der Waals surface area contributed by atoms with Crippen LogP contribution in [0.4, 0.5) is 18.9 Å². The van der Waals surface area contributed by atoms with Gasteiger partial charge >= 0.3 is 6.18 Å². The molecule has 25 heavy (non-hydrogen) atoms. The van der Waals surface area contributed by atoms with Crippen LogP contribution in [0.5, 0.6) is 0 Å². The summed E-state index contributed by atoms with van der Waals surface area (Å²) in [6, 6.07) is 13.1. The molecule has 0 radical (unpaired) electrons. The molecule has 1 N–H and O–H groups in total. The number of nitrogens with one attached hydrogen (secondary N) is 1. The number of alkyl halides is 3. The Kier molecular flexibility index (Phi) is 6.45. The first-order valence-electron chi connectivity index (χ1n) is 7.65. The summed E-state index contributed by atoms with van der Waals surface area (Å²) >= 11 is 5.56. The van der Waals surface area contributed by atoms with Crippen LogP contribution in [0.15, 0.2) is 48.5 Å². The standard InChI is InChI=1S/C18H18ClF3N2O/c1-24(12-13-5-3-2-4-6-13)10-9-17(25)23-14-7-8-16(19)15(11-14)18(20,21)22/h2-8,11H,9-10,12H2,1H3,(H,23,25). The molecule has 1 amide bonds. The minimum absolute atomic E-state index is 0.0763. The third-order valence-corrected chi connectivity index (χ3v) is 3.90. The molecule has 134 valence electrons. The van der Waals surface area contributed by atoms with E-state index in [-0.39, 0.29) is 18.0 Å². The summed E-state index contributed by atoms with van der Waals surface area (Å²) in [5.74, 6) is -0.352. The second-order valence-electron chi connectivity index (χ2n) is 5.71. The molecular formula is C18H18ClF3N2O. The van der Waals surface area contributed by atoms with Gasteiger partial charge < -0.3 is 10.2 Å². The maximum absolute atomic E-state index is 12.8. The van der Waals surface area contributed by atoms with E-state index in [4.69, 9.17) is 11.6 Å². The monoisotopic (exact) mass is 370 g/mol. The van der Waals surface area contributed by atoms with Crippen molar-refractivity contribution < 1.29 is 18.0 Å². The molecule has 0 aromatic heterocycles. The second kappa shape index (κ2) is 8.36. The van der Waals surface area contributed by atoms with Crippen molar-refractivity contribution in [2.75, 3.05) is 18.9 Å². The third kappa shape index (κ3) is 6.07. The largest absolute Gasteiger partial charge is 0.417 e. The minimum Gasteiger partial charge on any atom is -0.326 e. The number of halogens is 4. The number of benzene rings is 2. The zero-order valence-electron chi connectivity index (χ0n) is 13.6. The van der Waals surface area contributed by atoms with Crippen molar-refractivity contribution in [2.24, 2.45) is 0 Å². The average Bonchev–Trinajstić information content (AvgIpc) is 2.55. The smallest absolute Gasteiger partial charge is 0.326 e. The van der Waals surface area contributed by atoms with Gasteiger partial charge in [0, 0.05) is 25.2 Å². The van der Waals surface area contributed by atoms with Crippen LogP contribution in [0.25, 0.3) is 0 Å². The fourth-order valence-corrected chi connectivity index (χ4v) is 2.54. The van der Waals surface area contributed by atoms with Crippen LogP contribution in [0.1, 0.15) is 17.5 Å². The Morgan fingerprint density at radius 2 is 1.84 bits per heavy atom. The molecule has 2 aromatic carbocycles. The fraction of sp³-hybridized carbons (Fsp3) is 0.278. The molecule has 0 heterocycles. The van der Waals surface area contributed by atoms with E-state index in [0.29, 0.717) is 13.1 Å². The molecule has 0 saturated heterocycles. The Morgan fingerprint density at radius 1 is 1.16 bits per heavy atom. The summed E-state index contributed by atoms with van der Waals surface area (Å²) in [5, 5.41) is 2.08. The van der Waals surface area contributed by atoms with Crippen LogP contribution in [0.2, 0.25) is 5.02 Å². The van der Waals surface area contributed by atoms with Crippen molar-refractivity contribution in [3.63, 3.8) is 0 Å². The summed E-state index contributed by atoms with van der Waals surface area (Å²) in [7, 11) is 1.88. The first kappa shape index (κ1) is 19.3. The van der Waals surface area contributed by atoms with Gasteiger partial charge in [-0.1, -0.05) is 41.9 Å². The Bertz CT molecular complexity index is 720. The quantitative estimate of drug-likeness (QED) is 0.790. The molecule has 3 nitrogen and oxygen atoms in total. The van der Waals surface area contributed by atoms with Gasteiger partial charge in [-0.2, -0.15) is 13.2 Å². The van der Waals surface area contributed by atoms with Gasteiger partial charge in [-0.15, -0.1) is 0 Å². The number of carbonyl (C=O) groups is 1. The van der Waals surface area contributed by atoms with Crippen molar-refractivity contribution in [2.45, 2.75) is 19.1 Å². The van der Waals surface area contributed by atoms with Gasteiger partial charge in [0.2, 0.25) is 5.91 Å².